The van der Waals surface area contributed by atoms with Crippen molar-refractivity contribution >= 4 is 5.97 Å². The van der Waals surface area contributed by atoms with E-state index in [0.29, 0.717) is 6.42 Å². The number of carbonyl (C=O) groups is 1. The molecule has 0 aromatic rings. The summed E-state index contributed by atoms with van der Waals surface area (Å²) >= 11 is 0. The van der Waals surface area contributed by atoms with Crippen LogP contribution in [0.15, 0.2) is 24.3 Å². The van der Waals surface area contributed by atoms with Crippen molar-refractivity contribution in [2.24, 2.45) is 0 Å². The van der Waals surface area contributed by atoms with Crippen LogP contribution in [0.3, 0.4) is 0 Å². The van der Waals surface area contributed by atoms with Crippen LogP contribution in [0.25, 0.3) is 0 Å². The first-order valence-corrected chi connectivity index (χ1v) is 9.79. The van der Waals surface area contributed by atoms with E-state index in [0.717, 1.165) is 25.7 Å². The monoisotopic (exact) mass is 322 g/mol. The topological polar surface area (TPSA) is 37.3 Å². The number of rotatable bonds is 17. The lowest BCUT2D eigenvalue weighted by Crippen LogP contribution is -1.93. The van der Waals surface area contributed by atoms with Crippen molar-refractivity contribution < 1.29 is 9.90 Å². The van der Waals surface area contributed by atoms with E-state index in [-0.39, 0.29) is 0 Å². The van der Waals surface area contributed by atoms with Crippen molar-refractivity contribution in [1.82, 2.24) is 0 Å². The molecule has 0 radical (unpaired) electrons. The molecule has 0 amide bonds. The number of allylic oxidation sites excluding steroid dienone is 4. The maximum absolute atomic E-state index is 10.4. The number of hydrogen-bond donors (Lipinski definition) is 1. The van der Waals surface area contributed by atoms with Crippen molar-refractivity contribution in [3.8, 4) is 0 Å². The summed E-state index contributed by atoms with van der Waals surface area (Å²) in [6.07, 6.45) is 26.8. The van der Waals surface area contributed by atoms with Gasteiger partial charge in [0.2, 0.25) is 0 Å². The van der Waals surface area contributed by atoms with Gasteiger partial charge in [0.1, 0.15) is 0 Å². The SMILES string of the molecule is CCC=CCCCCCCCCCC=CCCCCCC(=O)O. The quantitative estimate of drug-likeness (QED) is 0.230. The van der Waals surface area contributed by atoms with Crippen LogP contribution >= 0.6 is 0 Å². The van der Waals surface area contributed by atoms with Crippen LogP contribution in [-0.2, 0) is 4.79 Å². The van der Waals surface area contributed by atoms with Crippen molar-refractivity contribution in [3.63, 3.8) is 0 Å². The maximum atomic E-state index is 10.4. The van der Waals surface area contributed by atoms with Gasteiger partial charge in [0.15, 0.2) is 0 Å². The Morgan fingerprint density at radius 3 is 1.48 bits per heavy atom. The third-order valence-electron chi connectivity index (χ3n) is 4.07. The lowest BCUT2D eigenvalue weighted by atomic mass is 10.1. The first-order chi connectivity index (χ1) is 11.3. The van der Waals surface area contributed by atoms with Gasteiger partial charge < -0.3 is 5.11 Å². The second-order valence-corrected chi connectivity index (χ2v) is 6.40. The van der Waals surface area contributed by atoms with E-state index in [4.69, 9.17) is 5.11 Å². The molecule has 0 heterocycles. The number of aliphatic carboxylic acids is 1. The first-order valence-electron chi connectivity index (χ1n) is 9.79. The second kappa shape index (κ2) is 19.0. The smallest absolute Gasteiger partial charge is 0.303 e. The number of carboxylic acid groups (broad SMARTS) is 1. The predicted molar refractivity (Wildman–Crippen MR) is 101 cm³/mol. The predicted octanol–water partition coefficient (Wildman–Crippen LogP) is 7.05. The fraction of sp³-hybridized carbons (Fsp3) is 0.762. The van der Waals surface area contributed by atoms with E-state index < -0.39 is 5.97 Å². The fourth-order valence-electron chi connectivity index (χ4n) is 2.64. The van der Waals surface area contributed by atoms with Gasteiger partial charge in [-0.1, -0.05) is 69.8 Å². The van der Waals surface area contributed by atoms with Crippen molar-refractivity contribution in [2.75, 3.05) is 0 Å². The highest BCUT2D eigenvalue weighted by atomic mass is 16.4. The minimum Gasteiger partial charge on any atom is -0.481 e. The minimum atomic E-state index is -0.672. The molecule has 0 aliphatic carbocycles. The molecule has 0 atom stereocenters. The molecule has 0 aromatic carbocycles. The van der Waals surface area contributed by atoms with Crippen LogP contribution in [0.5, 0.6) is 0 Å². The first kappa shape index (κ1) is 21.9. The molecule has 0 fully saturated rings. The molecule has 1 N–H and O–H groups in total. The molecule has 0 bridgehead atoms. The molecule has 0 aliphatic rings. The van der Waals surface area contributed by atoms with Crippen LogP contribution in [0.1, 0.15) is 103 Å². The molecular formula is C21H38O2. The largest absolute Gasteiger partial charge is 0.481 e. The Morgan fingerprint density at radius 2 is 1.04 bits per heavy atom. The minimum absolute atomic E-state index is 0.319. The van der Waals surface area contributed by atoms with Crippen LogP contribution in [-0.4, -0.2) is 11.1 Å². The Kier molecular flexibility index (Phi) is 18.1. The zero-order valence-electron chi connectivity index (χ0n) is 15.3. The van der Waals surface area contributed by atoms with Gasteiger partial charge in [-0.2, -0.15) is 0 Å². The zero-order chi connectivity index (χ0) is 17.0. The Morgan fingerprint density at radius 1 is 0.652 bits per heavy atom. The molecule has 2 nitrogen and oxygen atoms in total. The molecule has 0 unspecified atom stereocenters. The highest BCUT2D eigenvalue weighted by Gasteiger charge is 1.95. The van der Waals surface area contributed by atoms with E-state index in [1.54, 1.807) is 0 Å². The average Bonchev–Trinajstić information content (AvgIpc) is 2.53. The van der Waals surface area contributed by atoms with Crippen LogP contribution < -0.4 is 0 Å². The van der Waals surface area contributed by atoms with Gasteiger partial charge in [-0.25, -0.2) is 0 Å². The van der Waals surface area contributed by atoms with Gasteiger partial charge in [-0.15, -0.1) is 0 Å². The number of hydrogen-bond acceptors (Lipinski definition) is 1. The van der Waals surface area contributed by atoms with Gasteiger partial charge >= 0.3 is 5.97 Å². The summed E-state index contributed by atoms with van der Waals surface area (Å²) in [6.45, 7) is 2.19. The van der Waals surface area contributed by atoms with Crippen molar-refractivity contribution in [1.29, 1.82) is 0 Å². The molecule has 0 rings (SSSR count). The van der Waals surface area contributed by atoms with E-state index in [2.05, 4.69) is 31.2 Å². The molecular weight excluding hydrogens is 284 g/mol. The summed E-state index contributed by atoms with van der Waals surface area (Å²) in [5.41, 5.74) is 0. The zero-order valence-corrected chi connectivity index (χ0v) is 15.3. The number of unbranched alkanes of at least 4 members (excludes halogenated alkanes) is 11. The van der Waals surface area contributed by atoms with Crippen LogP contribution in [0.2, 0.25) is 0 Å². The maximum Gasteiger partial charge on any atom is 0.303 e. The summed E-state index contributed by atoms with van der Waals surface area (Å²) in [5.74, 6) is -0.672. The average molecular weight is 323 g/mol. The summed E-state index contributed by atoms with van der Waals surface area (Å²) in [7, 11) is 0. The lowest BCUT2D eigenvalue weighted by molar-refractivity contribution is -0.137. The van der Waals surface area contributed by atoms with E-state index in [9.17, 15) is 4.79 Å². The van der Waals surface area contributed by atoms with Gasteiger partial charge in [0, 0.05) is 6.42 Å². The third kappa shape index (κ3) is 21.0. The fourth-order valence-corrected chi connectivity index (χ4v) is 2.64. The molecule has 0 aliphatic heterocycles. The van der Waals surface area contributed by atoms with Gasteiger partial charge in [-0.3, -0.25) is 4.79 Å². The Hall–Kier alpha value is -1.05. The van der Waals surface area contributed by atoms with Gasteiger partial charge in [0.05, 0.1) is 0 Å². The molecule has 134 valence electrons. The number of carboxylic acids is 1. The van der Waals surface area contributed by atoms with E-state index >= 15 is 0 Å². The Labute approximate surface area is 144 Å². The van der Waals surface area contributed by atoms with Gasteiger partial charge in [0.25, 0.3) is 0 Å². The van der Waals surface area contributed by atoms with Crippen molar-refractivity contribution in [3.05, 3.63) is 24.3 Å². The molecule has 0 saturated heterocycles. The molecule has 0 aromatic heterocycles. The van der Waals surface area contributed by atoms with Crippen molar-refractivity contribution in [2.45, 2.75) is 103 Å². The molecule has 23 heavy (non-hydrogen) atoms. The van der Waals surface area contributed by atoms with E-state index in [1.807, 2.05) is 0 Å². The lowest BCUT2D eigenvalue weighted by Gasteiger charge is -2.00. The van der Waals surface area contributed by atoms with Gasteiger partial charge in [-0.05, 0) is 51.4 Å². The standard InChI is InChI=1S/C21H38O2/c1-2-3-4-5-6-7-8-9-10-11-12-13-14-15-16-17-18-19-20-21(22)23/h3-4,14-15H,2,5-13,16-20H2,1H3,(H,22,23). The Balaban J connectivity index is 3.10. The summed E-state index contributed by atoms with van der Waals surface area (Å²) in [5, 5.41) is 8.53. The normalized spacial score (nSPS) is 11.7. The summed E-state index contributed by atoms with van der Waals surface area (Å²) in [4.78, 5) is 10.4. The highest BCUT2D eigenvalue weighted by Crippen LogP contribution is 2.11. The second-order valence-electron chi connectivity index (χ2n) is 6.40. The van der Waals surface area contributed by atoms with E-state index in [1.165, 1.54) is 64.2 Å². The third-order valence-corrected chi connectivity index (χ3v) is 4.07. The Bertz CT molecular complexity index is 305. The summed E-state index contributed by atoms with van der Waals surface area (Å²) in [6, 6.07) is 0. The van der Waals surface area contributed by atoms with Crippen LogP contribution in [0, 0.1) is 0 Å². The molecule has 0 spiro atoms. The van der Waals surface area contributed by atoms with Crippen LogP contribution in [0.4, 0.5) is 0 Å². The summed E-state index contributed by atoms with van der Waals surface area (Å²) < 4.78 is 0. The molecule has 2 heteroatoms. The molecule has 0 saturated carbocycles. The highest BCUT2D eigenvalue weighted by molar-refractivity contribution is 5.66.